The molecule has 1 heterocycles. The Morgan fingerprint density at radius 2 is 1.89 bits per heavy atom. The maximum Gasteiger partial charge on any atom is 0.391 e. The van der Waals surface area contributed by atoms with Crippen LogP contribution in [0, 0.1) is 17.2 Å². The molecule has 1 aromatic carbocycles. The van der Waals surface area contributed by atoms with Gasteiger partial charge in [-0.25, -0.2) is 0 Å². The van der Waals surface area contributed by atoms with Gasteiger partial charge in [-0.3, -0.25) is 0 Å². The maximum absolute atomic E-state index is 12.6. The molecule has 19 heavy (non-hydrogen) atoms. The van der Waals surface area contributed by atoms with Crippen LogP contribution in [0.2, 0.25) is 0 Å². The highest BCUT2D eigenvalue weighted by Gasteiger charge is 2.41. The van der Waals surface area contributed by atoms with E-state index in [1.807, 2.05) is 4.90 Å². The third kappa shape index (κ3) is 3.03. The van der Waals surface area contributed by atoms with Crippen LogP contribution in [0.4, 0.5) is 18.9 Å². The first-order chi connectivity index (χ1) is 8.93. The molecule has 0 atom stereocenters. The molecule has 0 radical (unpaired) electrons. The second kappa shape index (κ2) is 5.41. The first-order valence-electron chi connectivity index (χ1n) is 5.93. The third-order valence-corrected chi connectivity index (χ3v) is 4.06. The average Bonchev–Trinajstić information content (AvgIpc) is 2.37. The Morgan fingerprint density at radius 3 is 2.42 bits per heavy atom. The molecule has 0 spiro atoms. The predicted molar refractivity (Wildman–Crippen MR) is 69.8 cm³/mol. The van der Waals surface area contributed by atoms with Crippen LogP contribution >= 0.6 is 15.9 Å². The number of halogens is 4. The number of nitrogens with zero attached hydrogens (tertiary/aromatic N) is 2. The van der Waals surface area contributed by atoms with E-state index in [9.17, 15) is 13.2 Å². The van der Waals surface area contributed by atoms with Crippen molar-refractivity contribution in [2.75, 3.05) is 18.0 Å². The van der Waals surface area contributed by atoms with Gasteiger partial charge in [-0.15, -0.1) is 0 Å². The van der Waals surface area contributed by atoms with Gasteiger partial charge in [-0.2, -0.15) is 18.4 Å². The molecular formula is C13H12BrF3N2. The zero-order chi connectivity index (χ0) is 14.0. The summed E-state index contributed by atoms with van der Waals surface area (Å²) in [6.45, 7) is 0.657. The van der Waals surface area contributed by atoms with Gasteiger partial charge in [0, 0.05) is 17.6 Å². The predicted octanol–water partition coefficient (Wildman–Crippen LogP) is 4.10. The van der Waals surface area contributed by atoms with E-state index in [0.29, 0.717) is 28.8 Å². The van der Waals surface area contributed by atoms with Gasteiger partial charge in [0.15, 0.2) is 0 Å². The summed E-state index contributed by atoms with van der Waals surface area (Å²) < 4.78 is 38.5. The lowest BCUT2D eigenvalue weighted by Crippen LogP contribution is -2.39. The Hall–Kier alpha value is -1.22. The number of hydrogen-bond acceptors (Lipinski definition) is 2. The fourth-order valence-corrected chi connectivity index (χ4v) is 2.78. The van der Waals surface area contributed by atoms with E-state index in [1.165, 1.54) is 0 Å². The van der Waals surface area contributed by atoms with Crippen molar-refractivity contribution >= 4 is 21.6 Å². The molecule has 0 unspecified atom stereocenters. The van der Waals surface area contributed by atoms with Gasteiger partial charge >= 0.3 is 6.18 Å². The summed E-state index contributed by atoms with van der Waals surface area (Å²) in [5.41, 5.74) is 1.19. The quantitative estimate of drug-likeness (QED) is 0.774. The monoisotopic (exact) mass is 332 g/mol. The number of hydrogen-bond donors (Lipinski definition) is 0. The van der Waals surface area contributed by atoms with Crippen LogP contribution in [-0.2, 0) is 0 Å². The topological polar surface area (TPSA) is 27.0 Å². The molecule has 0 N–H and O–H groups in total. The van der Waals surface area contributed by atoms with Gasteiger partial charge in [0.25, 0.3) is 0 Å². The number of benzene rings is 1. The Bertz CT molecular complexity index is 500. The molecule has 102 valence electrons. The molecule has 1 aromatic rings. The number of nitriles is 1. The molecule has 0 bridgehead atoms. The first-order valence-corrected chi connectivity index (χ1v) is 6.73. The van der Waals surface area contributed by atoms with Crippen molar-refractivity contribution in [3.63, 3.8) is 0 Å². The van der Waals surface area contributed by atoms with E-state index in [2.05, 4.69) is 22.0 Å². The summed E-state index contributed by atoms with van der Waals surface area (Å²) in [4.78, 5) is 1.85. The highest BCUT2D eigenvalue weighted by molar-refractivity contribution is 9.10. The molecule has 1 aliphatic heterocycles. The molecule has 0 aromatic heterocycles. The number of rotatable bonds is 1. The van der Waals surface area contributed by atoms with Crippen molar-refractivity contribution in [3.05, 3.63) is 28.2 Å². The van der Waals surface area contributed by atoms with Crippen molar-refractivity contribution in [2.24, 2.45) is 5.92 Å². The maximum atomic E-state index is 12.6. The van der Waals surface area contributed by atoms with Crippen molar-refractivity contribution in [3.8, 4) is 6.07 Å². The van der Waals surface area contributed by atoms with E-state index < -0.39 is 12.1 Å². The number of anilines is 1. The van der Waals surface area contributed by atoms with Crippen molar-refractivity contribution < 1.29 is 13.2 Å². The summed E-state index contributed by atoms with van der Waals surface area (Å²) in [6.07, 6.45) is -3.94. The smallest absolute Gasteiger partial charge is 0.370 e. The summed E-state index contributed by atoms with van der Waals surface area (Å²) in [6, 6.07) is 7.41. The number of alkyl halides is 3. The van der Waals surface area contributed by atoms with Gasteiger partial charge in [0.1, 0.15) is 6.07 Å². The molecular weight excluding hydrogens is 321 g/mol. The second-order valence-corrected chi connectivity index (χ2v) is 5.40. The molecule has 6 heteroatoms. The van der Waals surface area contributed by atoms with Gasteiger partial charge in [-0.1, -0.05) is 6.07 Å². The average molecular weight is 333 g/mol. The number of piperidine rings is 1. The lowest BCUT2D eigenvalue weighted by molar-refractivity contribution is -0.179. The van der Waals surface area contributed by atoms with Crippen LogP contribution in [0.25, 0.3) is 0 Å². The lowest BCUT2D eigenvalue weighted by atomic mass is 9.95. The van der Waals surface area contributed by atoms with Crippen LogP contribution in [-0.4, -0.2) is 19.3 Å². The molecule has 0 amide bonds. The summed E-state index contributed by atoms with van der Waals surface area (Å²) in [5.74, 6) is -1.22. The molecule has 0 saturated carbocycles. The third-order valence-electron chi connectivity index (χ3n) is 3.40. The Balaban J connectivity index is 2.15. The molecule has 2 rings (SSSR count). The Kier molecular flexibility index (Phi) is 4.04. The highest BCUT2D eigenvalue weighted by Crippen LogP contribution is 2.36. The van der Waals surface area contributed by atoms with Crippen LogP contribution < -0.4 is 4.90 Å². The Labute approximate surface area is 117 Å². The van der Waals surface area contributed by atoms with Gasteiger partial charge in [-0.05, 0) is 40.9 Å². The molecule has 2 nitrogen and oxygen atoms in total. The fourth-order valence-electron chi connectivity index (χ4n) is 2.33. The van der Waals surface area contributed by atoms with Gasteiger partial charge in [0.05, 0.1) is 17.2 Å². The summed E-state index contributed by atoms with van der Waals surface area (Å²) >= 11 is 3.29. The van der Waals surface area contributed by atoms with Gasteiger partial charge in [0.2, 0.25) is 0 Å². The van der Waals surface area contributed by atoms with Crippen molar-refractivity contribution in [2.45, 2.75) is 19.0 Å². The largest absolute Gasteiger partial charge is 0.391 e. The van der Waals surface area contributed by atoms with Crippen LogP contribution in [0.5, 0.6) is 0 Å². The normalized spacial score (nSPS) is 17.3. The summed E-state index contributed by atoms with van der Waals surface area (Å²) in [5, 5.41) is 9.12. The second-order valence-electron chi connectivity index (χ2n) is 4.55. The molecule has 1 fully saturated rings. The van der Waals surface area contributed by atoms with E-state index in [4.69, 9.17) is 5.26 Å². The Morgan fingerprint density at radius 1 is 1.26 bits per heavy atom. The van der Waals surface area contributed by atoms with Crippen molar-refractivity contribution in [1.82, 2.24) is 0 Å². The SMILES string of the molecule is N#Cc1c(Br)cccc1N1CCC(C(F)(F)F)CC1. The van der Waals surface area contributed by atoms with E-state index in [-0.39, 0.29) is 12.8 Å². The van der Waals surface area contributed by atoms with E-state index in [1.54, 1.807) is 18.2 Å². The molecule has 1 aliphatic rings. The van der Waals surface area contributed by atoms with Crippen LogP contribution in [0.15, 0.2) is 22.7 Å². The lowest BCUT2D eigenvalue weighted by Gasteiger charge is -2.34. The van der Waals surface area contributed by atoms with E-state index >= 15 is 0 Å². The zero-order valence-electron chi connectivity index (χ0n) is 10.0. The van der Waals surface area contributed by atoms with Crippen LogP contribution in [0.1, 0.15) is 18.4 Å². The minimum atomic E-state index is -4.11. The summed E-state index contributed by atoms with van der Waals surface area (Å²) in [7, 11) is 0. The minimum Gasteiger partial charge on any atom is -0.370 e. The highest BCUT2D eigenvalue weighted by atomic mass is 79.9. The van der Waals surface area contributed by atoms with E-state index in [0.717, 1.165) is 0 Å². The van der Waals surface area contributed by atoms with Crippen LogP contribution in [0.3, 0.4) is 0 Å². The first kappa shape index (κ1) is 14.2. The van der Waals surface area contributed by atoms with Gasteiger partial charge < -0.3 is 4.90 Å². The standard InChI is InChI=1S/C13H12BrF3N2/c14-11-2-1-3-12(10(11)8-18)19-6-4-9(5-7-19)13(15,16)17/h1-3,9H,4-7H2. The van der Waals surface area contributed by atoms with Crippen molar-refractivity contribution in [1.29, 1.82) is 5.26 Å². The fraction of sp³-hybridized carbons (Fsp3) is 0.462. The molecule has 0 aliphatic carbocycles. The zero-order valence-corrected chi connectivity index (χ0v) is 11.6. The minimum absolute atomic E-state index is 0.0842. The molecule has 1 saturated heterocycles.